The van der Waals surface area contributed by atoms with Crippen molar-refractivity contribution in [3.63, 3.8) is 0 Å². The van der Waals surface area contributed by atoms with Crippen LogP contribution in [0.2, 0.25) is 5.02 Å². The second kappa shape index (κ2) is 8.43. The van der Waals surface area contributed by atoms with E-state index in [-0.39, 0.29) is 5.91 Å². The molecule has 0 aromatic heterocycles. The van der Waals surface area contributed by atoms with Gasteiger partial charge in [-0.25, -0.2) is 0 Å². The Morgan fingerprint density at radius 1 is 1.08 bits per heavy atom. The van der Waals surface area contributed by atoms with E-state index >= 15 is 0 Å². The highest BCUT2D eigenvalue weighted by atomic mass is 127. The largest absolute Gasteiger partial charge is 0.497 e. The number of halogens is 2. The maximum absolute atomic E-state index is 12.5. The topological polar surface area (TPSA) is 56.8 Å². The maximum atomic E-state index is 12.5. The number of methoxy groups -OCH3 is 3. The Bertz CT molecular complexity index is 752. The van der Waals surface area contributed by atoms with Crippen LogP contribution in [0, 0.1) is 3.57 Å². The van der Waals surface area contributed by atoms with Crippen LogP contribution in [0.3, 0.4) is 0 Å². The number of amides is 1. The Hall–Kier alpha value is -1.67. The summed E-state index contributed by atoms with van der Waals surface area (Å²) in [6.45, 7) is 0.304. The van der Waals surface area contributed by atoms with Crippen LogP contribution < -0.4 is 19.5 Å². The van der Waals surface area contributed by atoms with Crippen LogP contribution in [-0.4, -0.2) is 27.2 Å². The average Bonchev–Trinajstić information content (AvgIpc) is 2.61. The van der Waals surface area contributed by atoms with E-state index in [1.54, 1.807) is 32.4 Å². The lowest BCUT2D eigenvalue weighted by molar-refractivity contribution is 0.0947. The monoisotopic (exact) mass is 461 g/mol. The molecule has 2 rings (SSSR count). The third kappa shape index (κ3) is 4.24. The zero-order valence-electron chi connectivity index (χ0n) is 13.5. The number of carbonyl (C=O) groups excluding carboxylic acids is 1. The van der Waals surface area contributed by atoms with E-state index in [1.165, 1.54) is 7.11 Å². The molecule has 0 unspecified atom stereocenters. The third-order valence-corrected chi connectivity index (χ3v) is 4.94. The standard InChI is InChI=1S/C17H17ClINO4/c1-22-11-5-4-10(15(6-11)23-2)9-20-17(21)12-7-13(18)14(19)8-16(12)24-3/h4-8H,9H2,1-3H3,(H,20,21). The molecule has 0 fully saturated rings. The summed E-state index contributed by atoms with van der Waals surface area (Å²) in [6, 6.07) is 8.75. The lowest BCUT2D eigenvalue weighted by Gasteiger charge is -2.13. The van der Waals surface area contributed by atoms with Gasteiger partial charge in [-0.05, 0) is 46.9 Å². The van der Waals surface area contributed by atoms with Crippen LogP contribution in [0.25, 0.3) is 0 Å². The lowest BCUT2D eigenvalue weighted by atomic mass is 10.1. The molecule has 0 heterocycles. The van der Waals surface area contributed by atoms with E-state index in [0.29, 0.717) is 34.4 Å². The molecule has 24 heavy (non-hydrogen) atoms. The highest BCUT2D eigenvalue weighted by molar-refractivity contribution is 14.1. The molecule has 128 valence electrons. The summed E-state index contributed by atoms with van der Waals surface area (Å²) >= 11 is 8.20. The highest BCUT2D eigenvalue weighted by Gasteiger charge is 2.16. The molecule has 2 aromatic rings. The van der Waals surface area contributed by atoms with Crippen molar-refractivity contribution in [1.29, 1.82) is 0 Å². The normalized spacial score (nSPS) is 10.2. The number of ether oxygens (including phenoxy) is 3. The summed E-state index contributed by atoms with van der Waals surface area (Å²) in [5, 5.41) is 3.35. The number of carbonyl (C=O) groups is 1. The molecule has 0 aliphatic rings. The van der Waals surface area contributed by atoms with E-state index in [2.05, 4.69) is 27.9 Å². The van der Waals surface area contributed by atoms with E-state index in [4.69, 9.17) is 25.8 Å². The van der Waals surface area contributed by atoms with Gasteiger partial charge in [0.05, 0.1) is 31.9 Å². The van der Waals surface area contributed by atoms with Crippen molar-refractivity contribution in [2.75, 3.05) is 21.3 Å². The van der Waals surface area contributed by atoms with Crippen molar-refractivity contribution in [3.05, 3.63) is 50.1 Å². The first kappa shape index (κ1) is 18.7. The molecule has 5 nitrogen and oxygen atoms in total. The second-order valence-electron chi connectivity index (χ2n) is 4.83. The molecule has 7 heteroatoms. The van der Waals surface area contributed by atoms with Crippen molar-refractivity contribution in [2.24, 2.45) is 0 Å². The lowest BCUT2D eigenvalue weighted by Crippen LogP contribution is -2.23. The van der Waals surface area contributed by atoms with Crippen molar-refractivity contribution in [3.8, 4) is 17.2 Å². The van der Waals surface area contributed by atoms with Gasteiger partial charge in [-0.15, -0.1) is 0 Å². The predicted octanol–water partition coefficient (Wildman–Crippen LogP) is 3.90. The summed E-state index contributed by atoms with van der Waals surface area (Å²) in [6.07, 6.45) is 0. The smallest absolute Gasteiger partial charge is 0.255 e. The Morgan fingerprint density at radius 2 is 1.79 bits per heavy atom. The van der Waals surface area contributed by atoms with Gasteiger partial charge in [0.25, 0.3) is 5.91 Å². The second-order valence-corrected chi connectivity index (χ2v) is 6.40. The third-order valence-electron chi connectivity index (χ3n) is 3.42. The van der Waals surface area contributed by atoms with E-state index in [1.807, 2.05) is 12.1 Å². The molecule has 0 saturated carbocycles. The molecule has 0 bridgehead atoms. The van der Waals surface area contributed by atoms with Gasteiger partial charge in [0.1, 0.15) is 17.2 Å². The van der Waals surface area contributed by atoms with Crippen LogP contribution in [0.4, 0.5) is 0 Å². The molecule has 0 aliphatic heterocycles. The molecular formula is C17H17ClINO4. The first-order chi connectivity index (χ1) is 11.5. The fourth-order valence-electron chi connectivity index (χ4n) is 2.14. The molecule has 1 N–H and O–H groups in total. The van der Waals surface area contributed by atoms with Gasteiger partial charge in [0, 0.05) is 21.7 Å². The zero-order chi connectivity index (χ0) is 17.7. The first-order valence-electron chi connectivity index (χ1n) is 7.02. The number of nitrogens with one attached hydrogen (secondary N) is 1. The Morgan fingerprint density at radius 3 is 2.42 bits per heavy atom. The van der Waals surface area contributed by atoms with Gasteiger partial charge in [-0.1, -0.05) is 11.6 Å². The van der Waals surface area contributed by atoms with Gasteiger partial charge in [0.2, 0.25) is 0 Å². The van der Waals surface area contributed by atoms with Crippen molar-refractivity contribution >= 4 is 40.1 Å². The van der Waals surface area contributed by atoms with Gasteiger partial charge < -0.3 is 19.5 Å². The Kier molecular flexibility index (Phi) is 6.56. The summed E-state index contributed by atoms with van der Waals surface area (Å²) in [5.74, 6) is 1.53. The van der Waals surface area contributed by atoms with Gasteiger partial charge in [0.15, 0.2) is 0 Å². The molecule has 0 aliphatic carbocycles. The highest BCUT2D eigenvalue weighted by Crippen LogP contribution is 2.29. The Labute approximate surface area is 159 Å². The van der Waals surface area contributed by atoms with Crippen LogP contribution in [0.5, 0.6) is 17.2 Å². The molecule has 1 amide bonds. The molecule has 2 aromatic carbocycles. The van der Waals surface area contributed by atoms with Gasteiger partial charge in [-0.2, -0.15) is 0 Å². The first-order valence-corrected chi connectivity index (χ1v) is 8.48. The minimum Gasteiger partial charge on any atom is -0.497 e. The van der Waals surface area contributed by atoms with Crippen molar-refractivity contribution < 1.29 is 19.0 Å². The van der Waals surface area contributed by atoms with E-state index < -0.39 is 0 Å². The fourth-order valence-corrected chi connectivity index (χ4v) is 2.75. The number of benzene rings is 2. The SMILES string of the molecule is COc1ccc(CNC(=O)c2cc(Cl)c(I)cc2OC)c(OC)c1. The Balaban J connectivity index is 2.18. The predicted molar refractivity (Wildman–Crippen MR) is 101 cm³/mol. The summed E-state index contributed by atoms with van der Waals surface area (Å²) in [5.41, 5.74) is 1.22. The summed E-state index contributed by atoms with van der Waals surface area (Å²) in [4.78, 5) is 12.5. The number of hydrogen-bond donors (Lipinski definition) is 1. The van der Waals surface area contributed by atoms with Crippen LogP contribution >= 0.6 is 34.2 Å². The summed E-state index contributed by atoms with van der Waals surface area (Å²) in [7, 11) is 4.67. The van der Waals surface area contributed by atoms with Crippen molar-refractivity contribution in [2.45, 2.75) is 6.54 Å². The van der Waals surface area contributed by atoms with Crippen LogP contribution in [0.1, 0.15) is 15.9 Å². The molecule has 0 radical (unpaired) electrons. The van der Waals surface area contributed by atoms with Gasteiger partial charge in [-0.3, -0.25) is 4.79 Å². The van der Waals surface area contributed by atoms with Crippen LogP contribution in [-0.2, 0) is 6.54 Å². The van der Waals surface area contributed by atoms with E-state index in [0.717, 1.165) is 9.13 Å². The average molecular weight is 462 g/mol. The molecule has 0 saturated heterocycles. The maximum Gasteiger partial charge on any atom is 0.255 e. The minimum atomic E-state index is -0.275. The molecule has 0 spiro atoms. The minimum absolute atomic E-state index is 0.275. The quantitative estimate of drug-likeness (QED) is 0.663. The summed E-state index contributed by atoms with van der Waals surface area (Å²) < 4.78 is 16.6. The number of hydrogen-bond acceptors (Lipinski definition) is 4. The van der Waals surface area contributed by atoms with Crippen molar-refractivity contribution in [1.82, 2.24) is 5.32 Å². The molecule has 0 atom stereocenters. The zero-order valence-corrected chi connectivity index (χ0v) is 16.4. The number of rotatable bonds is 6. The van der Waals surface area contributed by atoms with Gasteiger partial charge >= 0.3 is 0 Å². The molecular weight excluding hydrogens is 445 g/mol. The van der Waals surface area contributed by atoms with Crippen LogP contribution in [0.15, 0.2) is 30.3 Å². The fraction of sp³-hybridized carbons (Fsp3) is 0.235. The van der Waals surface area contributed by atoms with E-state index in [9.17, 15) is 4.79 Å².